The molecule has 0 bridgehead atoms. The molecule has 6 N–H and O–H groups in total. The Morgan fingerprint density at radius 1 is 0.889 bits per heavy atom. The molecule has 0 aromatic heterocycles. The van der Waals surface area contributed by atoms with Gasteiger partial charge in [-0.1, -0.05) is 54.6 Å². The quantitative estimate of drug-likeness (QED) is 0.0937. The third-order valence-corrected chi connectivity index (χ3v) is 5.19. The minimum absolute atomic E-state index is 0. The van der Waals surface area contributed by atoms with Crippen molar-refractivity contribution in [2.45, 2.75) is 31.0 Å². The molecule has 11 nitrogen and oxygen atoms in total. The molecule has 0 aliphatic carbocycles. The van der Waals surface area contributed by atoms with Crippen LogP contribution in [0.5, 0.6) is 5.75 Å². The van der Waals surface area contributed by atoms with Gasteiger partial charge in [0.15, 0.2) is 0 Å². The van der Waals surface area contributed by atoms with Crippen LogP contribution in [0.1, 0.15) is 11.1 Å². The van der Waals surface area contributed by atoms with E-state index in [2.05, 4.69) is 16.0 Å². The van der Waals surface area contributed by atoms with Crippen molar-refractivity contribution in [1.29, 1.82) is 5.41 Å². The van der Waals surface area contributed by atoms with Crippen LogP contribution < -0.4 is 31.9 Å². The van der Waals surface area contributed by atoms with Crippen LogP contribution in [-0.4, -0.2) is 54.0 Å². The normalized spacial score (nSPS) is 12.5. The van der Waals surface area contributed by atoms with E-state index < -0.39 is 48.3 Å². The average molecular weight is 687 g/mol. The summed E-state index contributed by atoms with van der Waals surface area (Å²) >= 11 is 5.01. The van der Waals surface area contributed by atoms with E-state index in [1.807, 2.05) is 0 Å². The molecule has 3 atom stereocenters. The van der Waals surface area contributed by atoms with Gasteiger partial charge in [0.05, 0.1) is 12.1 Å². The van der Waals surface area contributed by atoms with E-state index in [0.29, 0.717) is 5.56 Å². The number of hydrogen-bond acceptors (Lipinski definition) is 8. The summed E-state index contributed by atoms with van der Waals surface area (Å²) in [5.74, 6) is -3.25. The molecule has 0 saturated carbocycles. The van der Waals surface area contributed by atoms with E-state index in [9.17, 15) is 24.6 Å². The number of rotatable bonds is 12. The summed E-state index contributed by atoms with van der Waals surface area (Å²) in [4.78, 5) is 37.9. The topological polar surface area (TPSA) is 212 Å². The molecule has 0 spiro atoms. The summed E-state index contributed by atoms with van der Waals surface area (Å²) in [6.45, 7) is -0.497. The zero-order chi connectivity index (χ0) is 25.1. The molecule has 0 saturated heterocycles. The van der Waals surface area contributed by atoms with Crippen LogP contribution in [0.2, 0.25) is 0 Å². The largest absolute Gasteiger partial charge is 2.00 e. The second-order valence-corrected chi connectivity index (χ2v) is 7.91. The number of nitrogens with one attached hydrogen (secondary N) is 4. The maximum atomic E-state index is 12.8. The number of carbonyl (C=O) groups excluding carboxylic acids is 3. The standard InChI is InChI=1S/C23H29N5O5S.O.Re/c24-17(10-15-6-8-16(29)9-7-15)21(31)28-19(13-34)23(33)27-18(22(32)26-12-20(25)30)11-14-4-2-1-3-5-14;;/h1-9,17-19,29,34H,10-13,24H2,(H2,25,30)(H,26,32)(H,27,33)(H,28,31);;/q;-2;/p-3/t17-,18+,19-;;/m0../s1. The first-order valence-corrected chi connectivity index (χ1v) is 11.0. The van der Waals surface area contributed by atoms with E-state index in [-0.39, 0.29) is 50.2 Å². The number of amides is 3. The van der Waals surface area contributed by atoms with Gasteiger partial charge >= 0.3 is 0 Å². The van der Waals surface area contributed by atoms with Crippen molar-refractivity contribution in [3.8, 4) is 5.75 Å². The van der Waals surface area contributed by atoms with Gasteiger partial charge in [0.1, 0.15) is 6.04 Å². The number of carbonyl (C=O) groups is 3. The van der Waals surface area contributed by atoms with Crippen LogP contribution in [0.15, 0.2) is 54.6 Å². The van der Waals surface area contributed by atoms with Crippen molar-refractivity contribution < 1.29 is 50.5 Å². The molecule has 36 heavy (non-hydrogen) atoms. The van der Waals surface area contributed by atoms with Gasteiger partial charge in [-0.25, -0.2) is 0 Å². The van der Waals surface area contributed by atoms with Crippen LogP contribution in [0.25, 0.3) is 0 Å². The van der Waals surface area contributed by atoms with E-state index in [0.717, 1.165) is 5.56 Å². The Morgan fingerprint density at radius 2 is 1.44 bits per heavy atom. The molecule has 1 radical (unpaired) electrons. The Hall–Kier alpha value is -2.95. The monoisotopic (exact) mass is 687 g/mol. The van der Waals surface area contributed by atoms with Crippen molar-refractivity contribution in [1.82, 2.24) is 16.0 Å². The maximum Gasteiger partial charge on any atom is 0.243 e. The molecule has 2 rings (SSSR count). The summed E-state index contributed by atoms with van der Waals surface area (Å²) in [5.41, 5.74) is 7.38. The second-order valence-electron chi connectivity index (χ2n) is 7.57. The fraction of sp³-hybridized carbons (Fsp3) is 0.304. The summed E-state index contributed by atoms with van der Waals surface area (Å²) in [6.07, 6.45) is 0.274. The molecule has 197 valence electrons. The summed E-state index contributed by atoms with van der Waals surface area (Å²) in [6, 6.07) is 11.6. The van der Waals surface area contributed by atoms with Crippen LogP contribution in [-0.2, 0) is 65.8 Å². The van der Waals surface area contributed by atoms with Crippen molar-refractivity contribution in [2.75, 3.05) is 12.3 Å². The third-order valence-electron chi connectivity index (χ3n) is 4.85. The van der Waals surface area contributed by atoms with Crippen LogP contribution in [0.4, 0.5) is 0 Å². The first kappa shape index (κ1) is 33.1. The molecule has 0 aliphatic heterocycles. The molecule has 2 aromatic rings. The van der Waals surface area contributed by atoms with Gasteiger partial charge in [-0.15, -0.1) is 11.5 Å². The molecule has 0 fully saturated rings. The van der Waals surface area contributed by atoms with Gasteiger partial charge in [-0.3, -0.25) is 14.4 Å². The molecular formula is C23H26N5O6ReS-5. The number of nitrogens with two attached hydrogens (primary N) is 1. The minimum Gasteiger partial charge on any atom is -2.00 e. The van der Waals surface area contributed by atoms with Gasteiger partial charge in [0, 0.05) is 33.4 Å². The Balaban J connectivity index is 0.00000612. The zero-order valence-corrected chi connectivity index (χ0v) is 22.6. The fourth-order valence-electron chi connectivity index (χ4n) is 3.06. The summed E-state index contributed by atoms with van der Waals surface area (Å²) in [7, 11) is 0. The van der Waals surface area contributed by atoms with Crippen LogP contribution >= 0.6 is 0 Å². The maximum absolute atomic E-state index is 12.8. The predicted octanol–water partition coefficient (Wildman–Crippen LogP) is -2.28. The molecular weight excluding hydrogens is 661 g/mol. The molecule has 3 amide bonds. The summed E-state index contributed by atoms with van der Waals surface area (Å²) in [5, 5.41) is 36.4. The van der Waals surface area contributed by atoms with Gasteiger partial charge in [0.25, 0.3) is 0 Å². The number of benzene rings is 2. The molecule has 2 aromatic carbocycles. The molecule has 0 aliphatic rings. The Labute approximate surface area is 228 Å². The fourth-order valence-corrected chi connectivity index (χ4v) is 3.29. The zero-order valence-electron chi connectivity index (χ0n) is 19.1. The SMILES string of the molecule is N=C([O-])CNC(=O)[C@@H](Cc1ccccc1)NC(=O)[C@H](C[S-])NC(=O)[C@@H](N)Cc1ccc([O-])cc1.[O-2].[Re]. The predicted molar refractivity (Wildman–Crippen MR) is 125 cm³/mol. The molecule has 0 heterocycles. The van der Waals surface area contributed by atoms with E-state index in [1.165, 1.54) is 12.1 Å². The average Bonchev–Trinajstić information content (AvgIpc) is 2.82. The van der Waals surface area contributed by atoms with Crippen molar-refractivity contribution >= 4 is 36.2 Å². The Morgan fingerprint density at radius 3 is 2.00 bits per heavy atom. The van der Waals surface area contributed by atoms with E-state index in [4.69, 9.17) is 23.8 Å². The molecule has 13 heteroatoms. The third kappa shape index (κ3) is 11.2. The van der Waals surface area contributed by atoms with Gasteiger partial charge in [0.2, 0.25) is 17.7 Å². The van der Waals surface area contributed by atoms with Gasteiger partial charge < -0.3 is 55.4 Å². The molecule has 0 unspecified atom stereocenters. The van der Waals surface area contributed by atoms with Crippen molar-refractivity contribution in [3.63, 3.8) is 0 Å². The van der Waals surface area contributed by atoms with E-state index >= 15 is 0 Å². The first-order chi connectivity index (χ1) is 16.2. The van der Waals surface area contributed by atoms with Crippen molar-refractivity contribution in [3.05, 3.63) is 65.7 Å². The Bertz CT molecular complexity index is 996. The van der Waals surface area contributed by atoms with Crippen molar-refractivity contribution in [2.24, 2.45) is 5.73 Å². The van der Waals surface area contributed by atoms with Crippen LogP contribution in [0, 0.1) is 5.41 Å². The van der Waals surface area contributed by atoms with Crippen LogP contribution in [0.3, 0.4) is 0 Å². The number of hydrogen-bond donors (Lipinski definition) is 5. The summed E-state index contributed by atoms with van der Waals surface area (Å²) < 4.78 is 0. The first-order valence-electron chi connectivity index (χ1n) is 10.5. The van der Waals surface area contributed by atoms with E-state index in [1.54, 1.807) is 42.5 Å². The minimum atomic E-state index is -1.12. The Kier molecular flexibility index (Phi) is 15.3. The smallest absolute Gasteiger partial charge is 0.243 e. The van der Waals surface area contributed by atoms with Gasteiger partial charge in [-0.05, 0) is 23.4 Å². The second kappa shape index (κ2) is 16.7. The van der Waals surface area contributed by atoms with Gasteiger partial charge in [-0.2, -0.15) is 0 Å².